The number of benzene rings is 1. The van der Waals surface area contributed by atoms with Crippen LogP contribution in [0.2, 0.25) is 0 Å². The van der Waals surface area contributed by atoms with Crippen molar-refractivity contribution in [3.8, 4) is 17.0 Å². The highest BCUT2D eigenvalue weighted by Gasteiger charge is 2.59. The summed E-state index contributed by atoms with van der Waals surface area (Å²) in [6.07, 6.45) is 11.8. The van der Waals surface area contributed by atoms with Crippen molar-refractivity contribution < 1.29 is 9.84 Å². The summed E-state index contributed by atoms with van der Waals surface area (Å²) < 4.78 is 5.96. The zero-order chi connectivity index (χ0) is 24.2. The van der Waals surface area contributed by atoms with Crippen LogP contribution in [0.25, 0.3) is 11.1 Å². The number of fused-ring (bicyclic) bond motifs is 5. The van der Waals surface area contributed by atoms with Crippen molar-refractivity contribution >= 4 is 0 Å². The van der Waals surface area contributed by atoms with E-state index in [1.165, 1.54) is 48.9 Å². The standard InChI is InChI=1S/C32H41NO2/c1-4-35-30-19-22(21-8-6-5-7-9-21)18-29(33-30)28-13-12-26-25-11-10-23-20-24(34)14-16-31(23,2)27(25)15-17-32(26,28)3/h5-10,18-19,24-28,34H,4,11-17,20H2,1-3H3/t24-,25-,26-,27-,28+,31-,32-/m0/s1. The van der Waals surface area contributed by atoms with E-state index in [1.54, 1.807) is 5.57 Å². The molecule has 0 bridgehead atoms. The molecule has 6 rings (SSSR count). The largest absolute Gasteiger partial charge is 0.478 e. The first-order valence-electron chi connectivity index (χ1n) is 14.0. The number of aliphatic hydroxyl groups excluding tert-OH is 1. The van der Waals surface area contributed by atoms with Gasteiger partial charge in [0.1, 0.15) is 0 Å². The number of aliphatic hydroxyl groups is 1. The molecule has 0 aliphatic heterocycles. The SMILES string of the molecule is CCOc1cc(-c2ccccc2)cc([C@H]2CC[C@H]3[C@@H]4CC=C5C[C@@H](O)CC[C@]5(C)[C@H]4CC[C@]23C)n1. The van der Waals surface area contributed by atoms with Crippen LogP contribution < -0.4 is 4.74 Å². The van der Waals surface area contributed by atoms with Gasteiger partial charge in [0.05, 0.1) is 12.7 Å². The van der Waals surface area contributed by atoms with Crippen LogP contribution in [0.3, 0.4) is 0 Å². The van der Waals surface area contributed by atoms with Crippen LogP contribution in [-0.4, -0.2) is 22.8 Å². The first kappa shape index (κ1) is 23.3. The van der Waals surface area contributed by atoms with Gasteiger partial charge in [-0.3, -0.25) is 0 Å². The smallest absolute Gasteiger partial charge is 0.214 e. The highest BCUT2D eigenvalue weighted by atomic mass is 16.5. The number of ether oxygens (including phenoxy) is 1. The fraction of sp³-hybridized carbons (Fsp3) is 0.594. The second-order valence-corrected chi connectivity index (χ2v) is 12.2. The first-order chi connectivity index (χ1) is 16.9. The monoisotopic (exact) mass is 471 g/mol. The van der Waals surface area contributed by atoms with Crippen LogP contribution in [0, 0.1) is 28.6 Å². The molecular weight excluding hydrogens is 430 g/mol. The molecule has 0 amide bonds. The molecule has 4 aliphatic rings. The quantitative estimate of drug-likeness (QED) is 0.468. The molecule has 1 aromatic heterocycles. The Kier molecular flexibility index (Phi) is 5.83. The Morgan fingerprint density at radius 1 is 0.971 bits per heavy atom. The van der Waals surface area contributed by atoms with E-state index >= 15 is 0 Å². The van der Waals surface area contributed by atoms with Crippen molar-refractivity contribution in [2.24, 2.45) is 28.6 Å². The molecule has 35 heavy (non-hydrogen) atoms. The maximum Gasteiger partial charge on any atom is 0.214 e. The van der Waals surface area contributed by atoms with Crippen molar-refractivity contribution in [3.05, 3.63) is 59.8 Å². The van der Waals surface area contributed by atoms with E-state index in [1.807, 2.05) is 6.92 Å². The Morgan fingerprint density at radius 3 is 2.60 bits per heavy atom. The summed E-state index contributed by atoms with van der Waals surface area (Å²) in [5, 5.41) is 10.3. The first-order valence-corrected chi connectivity index (χ1v) is 14.0. The Labute approximate surface area is 211 Å². The molecule has 3 fully saturated rings. The van der Waals surface area contributed by atoms with Crippen molar-refractivity contribution in [1.82, 2.24) is 4.98 Å². The minimum absolute atomic E-state index is 0.127. The van der Waals surface area contributed by atoms with Gasteiger partial charge in [0.15, 0.2) is 0 Å². The number of aromatic nitrogens is 1. The maximum absolute atomic E-state index is 10.3. The topological polar surface area (TPSA) is 42.4 Å². The third kappa shape index (κ3) is 3.77. The molecular formula is C32H41NO2. The molecule has 7 atom stereocenters. The molecule has 0 radical (unpaired) electrons. The maximum atomic E-state index is 10.3. The predicted octanol–water partition coefficient (Wildman–Crippen LogP) is 7.55. The van der Waals surface area contributed by atoms with E-state index in [2.05, 4.69) is 62.4 Å². The highest BCUT2D eigenvalue weighted by Crippen LogP contribution is 2.68. The third-order valence-electron chi connectivity index (χ3n) is 10.7. The van der Waals surface area contributed by atoms with E-state index < -0.39 is 0 Å². The van der Waals surface area contributed by atoms with Crippen molar-refractivity contribution in [1.29, 1.82) is 0 Å². The van der Waals surface area contributed by atoms with Gasteiger partial charge >= 0.3 is 0 Å². The van der Waals surface area contributed by atoms with Gasteiger partial charge in [-0.15, -0.1) is 0 Å². The second-order valence-electron chi connectivity index (χ2n) is 12.2. The van der Waals surface area contributed by atoms with Gasteiger partial charge in [0.2, 0.25) is 5.88 Å². The lowest BCUT2D eigenvalue weighted by Crippen LogP contribution is -2.50. The van der Waals surface area contributed by atoms with Gasteiger partial charge in [-0.2, -0.15) is 0 Å². The van der Waals surface area contributed by atoms with E-state index in [0.717, 1.165) is 42.9 Å². The zero-order valence-corrected chi connectivity index (χ0v) is 21.7. The number of allylic oxidation sites excluding steroid dienone is 1. The molecule has 2 aromatic rings. The molecule has 1 heterocycles. The van der Waals surface area contributed by atoms with Crippen LogP contribution in [-0.2, 0) is 0 Å². The molecule has 3 nitrogen and oxygen atoms in total. The van der Waals surface area contributed by atoms with Crippen LogP contribution in [0.1, 0.15) is 83.7 Å². The number of nitrogens with zero attached hydrogens (tertiary/aromatic N) is 1. The van der Waals surface area contributed by atoms with Gasteiger partial charge < -0.3 is 9.84 Å². The van der Waals surface area contributed by atoms with E-state index in [-0.39, 0.29) is 6.10 Å². The van der Waals surface area contributed by atoms with Crippen LogP contribution >= 0.6 is 0 Å². The summed E-state index contributed by atoms with van der Waals surface area (Å²) >= 11 is 0. The molecule has 0 unspecified atom stereocenters. The fourth-order valence-electron chi connectivity index (χ4n) is 8.85. The Bertz CT molecular complexity index is 1110. The van der Waals surface area contributed by atoms with Gasteiger partial charge in [0.25, 0.3) is 0 Å². The molecule has 3 saturated carbocycles. The van der Waals surface area contributed by atoms with E-state index in [9.17, 15) is 5.11 Å². The van der Waals surface area contributed by atoms with Gasteiger partial charge in [0, 0.05) is 17.7 Å². The van der Waals surface area contributed by atoms with Gasteiger partial charge in [-0.1, -0.05) is 55.8 Å². The second kappa shape index (κ2) is 8.76. The summed E-state index contributed by atoms with van der Waals surface area (Å²) in [6, 6.07) is 15.1. The molecule has 186 valence electrons. The predicted molar refractivity (Wildman–Crippen MR) is 141 cm³/mol. The average Bonchev–Trinajstić information content (AvgIpc) is 3.22. The minimum atomic E-state index is -0.127. The fourth-order valence-corrected chi connectivity index (χ4v) is 8.85. The average molecular weight is 472 g/mol. The summed E-state index contributed by atoms with van der Waals surface area (Å²) in [7, 11) is 0. The summed E-state index contributed by atoms with van der Waals surface area (Å²) in [6.45, 7) is 7.78. The van der Waals surface area contributed by atoms with Crippen molar-refractivity contribution in [2.45, 2.75) is 84.2 Å². The van der Waals surface area contributed by atoms with Crippen LogP contribution in [0.5, 0.6) is 5.88 Å². The van der Waals surface area contributed by atoms with Gasteiger partial charge in [-0.05, 0) is 104 Å². The number of rotatable bonds is 4. The lowest BCUT2D eigenvalue weighted by molar-refractivity contribution is -0.0412. The Balaban J connectivity index is 1.33. The number of hydrogen-bond donors (Lipinski definition) is 1. The lowest BCUT2D eigenvalue weighted by atomic mass is 9.47. The molecule has 0 saturated heterocycles. The van der Waals surface area contributed by atoms with Gasteiger partial charge in [-0.25, -0.2) is 4.98 Å². The normalized spacial score (nSPS) is 38.2. The molecule has 4 aliphatic carbocycles. The molecule has 1 N–H and O–H groups in total. The third-order valence-corrected chi connectivity index (χ3v) is 10.7. The van der Waals surface area contributed by atoms with Crippen LogP contribution in [0.4, 0.5) is 0 Å². The number of pyridine rings is 1. The highest BCUT2D eigenvalue weighted by molar-refractivity contribution is 5.65. The molecule has 1 aromatic carbocycles. The summed E-state index contributed by atoms with van der Waals surface area (Å²) in [5.41, 5.74) is 5.85. The minimum Gasteiger partial charge on any atom is -0.478 e. The van der Waals surface area contributed by atoms with E-state index in [4.69, 9.17) is 9.72 Å². The zero-order valence-electron chi connectivity index (χ0n) is 21.7. The number of hydrogen-bond acceptors (Lipinski definition) is 3. The Hall–Kier alpha value is -2.13. The summed E-state index contributed by atoms with van der Waals surface area (Å²) in [4.78, 5) is 5.10. The Morgan fingerprint density at radius 2 is 1.80 bits per heavy atom. The van der Waals surface area contributed by atoms with Crippen molar-refractivity contribution in [2.75, 3.05) is 6.61 Å². The lowest BCUT2D eigenvalue weighted by Gasteiger charge is -2.58. The molecule has 0 spiro atoms. The summed E-state index contributed by atoms with van der Waals surface area (Å²) in [5.74, 6) is 3.55. The van der Waals surface area contributed by atoms with Crippen LogP contribution in [0.15, 0.2) is 54.1 Å². The van der Waals surface area contributed by atoms with Crippen molar-refractivity contribution in [3.63, 3.8) is 0 Å². The van der Waals surface area contributed by atoms with E-state index in [0.29, 0.717) is 23.4 Å². The molecule has 3 heteroatoms.